The summed E-state index contributed by atoms with van der Waals surface area (Å²) in [5, 5.41) is 12.4. The number of ether oxygens (including phenoxy) is 1. The van der Waals surface area contributed by atoms with Gasteiger partial charge in [-0.15, -0.1) is 0 Å². The Bertz CT molecular complexity index is 652. The van der Waals surface area contributed by atoms with E-state index in [0.29, 0.717) is 11.4 Å². The molecule has 0 saturated carbocycles. The van der Waals surface area contributed by atoms with Crippen LogP contribution in [-0.2, 0) is 4.79 Å². The van der Waals surface area contributed by atoms with Crippen molar-refractivity contribution in [3.8, 4) is 11.5 Å². The Kier molecular flexibility index (Phi) is 4.48. The van der Waals surface area contributed by atoms with Crippen molar-refractivity contribution in [3.63, 3.8) is 0 Å². The van der Waals surface area contributed by atoms with E-state index in [1.54, 1.807) is 26.0 Å². The molecule has 2 aromatic rings. The molecule has 2 rings (SSSR count). The van der Waals surface area contributed by atoms with E-state index >= 15 is 0 Å². The number of aryl methyl sites for hydroxylation is 2. The van der Waals surface area contributed by atoms with Gasteiger partial charge in [-0.25, -0.2) is 0 Å². The van der Waals surface area contributed by atoms with E-state index in [0.717, 1.165) is 11.1 Å². The van der Waals surface area contributed by atoms with Crippen molar-refractivity contribution in [1.82, 2.24) is 0 Å². The second-order valence-electron chi connectivity index (χ2n) is 5.02. The van der Waals surface area contributed by atoms with Crippen molar-refractivity contribution >= 4 is 11.6 Å². The second kappa shape index (κ2) is 6.31. The first-order valence-electron chi connectivity index (χ1n) is 6.80. The number of phenols is 1. The monoisotopic (exact) mass is 285 g/mol. The number of anilines is 1. The zero-order valence-electron chi connectivity index (χ0n) is 12.4. The van der Waals surface area contributed by atoms with Crippen LogP contribution in [0.5, 0.6) is 11.5 Å². The molecular formula is C17H19NO3. The zero-order valence-corrected chi connectivity index (χ0v) is 12.4. The van der Waals surface area contributed by atoms with E-state index in [1.165, 1.54) is 6.07 Å². The van der Waals surface area contributed by atoms with E-state index in [2.05, 4.69) is 5.32 Å². The summed E-state index contributed by atoms with van der Waals surface area (Å²) < 4.78 is 5.66. The molecule has 2 N–H and O–H groups in total. The van der Waals surface area contributed by atoms with E-state index in [4.69, 9.17) is 4.74 Å². The Balaban J connectivity index is 2.02. The molecule has 21 heavy (non-hydrogen) atoms. The van der Waals surface area contributed by atoms with Gasteiger partial charge in [0.15, 0.2) is 6.10 Å². The fraction of sp³-hybridized carbons (Fsp3) is 0.235. The lowest BCUT2D eigenvalue weighted by atomic mass is 10.2. The summed E-state index contributed by atoms with van der Waals surface area (Å²) in [6, 6.07) is 12.6. The molecule has 0 spiro atoms. The second-order valence-corrected chi connectivity index (χ2v) is 5.02. The molecule has 1 atom stereocenters. The molecule has 4 heteroatoms. The highest BCUT2D eigenvalue weighted by Crippen LogP contribution is 2.22. The van der Waals surface area contributed by atoms with E-state index in [1.807, 2.05) is 31.2 Å². The summed E-state index contributed by atoms with van der Waals surface area (Å²) in [4.78, 5) is 12.1. The molecule has 0 unspecified atom stereocenters. The molecular weight excluding hydrogens is 266 g/mol. The summed E-state index contributed by atoms with van der Waals surface area (Å²) in [6.45, 7) is 5.42. The fourth-order valence-electron chi connectivity index (χ4n) is 1.86. The largest absolute Gasteiger partial charge is 0.508 e. The number of phenolic OH excluding ortho intramolecular Hbond substituents is 1. The number of aromatic hydroxyl groups is 1. The van der Waals surface area contributed by atoms with Gasteiger partial charge in [0.2, 0.25) is 0 Å². The molecule has 0 fully saturated rings. The van der Waals surface area contributed by atoms with Gasteiger partial charge < -0.3 is 15.2 Å². The number of benzene rings is 2. The van der Waals surface area contributed by atoms with Crippen LogP contribution in [0.1, 0.15) is 18.1 Å². The van der Waals surface area contributed by atoms with Crippen molar-refractivity contribution in [1.29, 1.82) is 0 Å². The molecule has 4 nitrogen and oxygen atoms in total. The average molecular weight is 285 g/mol. The molecule has 0 radical (unpaired) electrons. The van der Waals surface area contributed by atoms with Gasteiger partial charge in [-0.05, 0) is 44.0 Å². The van der Waals surface area contributed by atoms with Crippen LogP contribution in [0.2, 0.25) is 0 Å². The summed E-state index contributed by atoms with van der Waals surface area (Å²) in [5.41, 5.74) is 2.28. The van der Waals surface area contributed by atoms with Crippen molar-refractivity contribution in [2.45, 2.75) is 26.9 Å². The van der Waals surface area contributed by atoms with Crippen LogP contribution in [0.4, 0.5) is 5.69 Å². The van der Waals surface area contributed by atoms with E-state index < -0.39 is 6.10 Å². The lowest BCUT2D eigenvalue weighted by Gasteiger charge is -2.16. The third-order valence-corrected chi connectivity index (χ3v) is 3.24. The van der Waals surface area contributed by atoms with Crippen LogP contribution in [-0.4, -0.2) is 17.1 Å². The van der Waals surface area contributed by atoms with Crippen molar-refractivity contribution in [3.05, 3.63) is 53.6 Å². The zero-order chi connectivity index (χ0) is 15.4. The number of carbonyl (C=O) groups excluding carboxylic acids is 1. The molecule has 0 bridgehead atoms. The predicted molar refractivity (Wildman–Crippen MR) is 82.7 cm³/mol. The molecule has 0 saturated heterocycles. The third kappa shape index (κ3) is 3.75. The van der Waals surface area contributed by atoms with Crippen LogP contribution in [0.3, 0.4) is 0 Å². The Labute approximate surface area is 124 Å². The Morgan fingerprint density at radius 2 is 1.86 bits per heavy atom. The number of para-hydroxylation sites is 1. The van der Waals surface area contributed by atoms with Gasteiger partial charge in [-0.2, -0.15) is 0 Å². The first-order valence-corrected chi connectivity index (χ1v) is 6.80. The lowest BCUT2D eigenvalue weighted by Crippen LogP contribution is -2.30. The van der Waals surface area contributed by atoms with Gasteiger partial charge in [-0.3, -0.25) is 4.79 Å². The summed E-state index contributed by atoms with van der Waals surface area (Å²) in [5.74, 6) is 0.577. The van der Waals surface area contributed by atoms with Crippen LogP contribution >= 0.6 is 0 Å². The van der Waals surface area contributed by atoms with Gasteiger partial charge in [0.05, 0.1) is 0 Å². The highest BCUT2D eigenvalue weighted by atomic mass is 16.5. The predicted octanol–water partition coefficient (Wildman–Crippen LogP) is 3.42. The quantitative estimate of drug-likeness (QED) is 0.905. The number of amides is 1. The normalized spacial score (nSPS) is 11.8. The minimum absolute atomic E-state index is 0.153. The van der Waals surface area contributed by atoms with Crippen molar-refractivity contribution < 1.29 is 14.6 Å². The highest BCUT2D eigenvalue weighted by Gasteiger charge is 2.16. The first kappa shape index (κ1) is 14.9. The molecule has 0 aliphatic carbocycles. The minimum atomic E-state index is -0.630. The van der Waals surface area contributed by atoms with Crippen LogP contribution in [0, 0.1) is 13.8 Å². The highest BCUT2D eigenvalue weighted by molar-refractivity contribution is 5.94. The smallest absolute Gasteiger partial charge is 0.265 e. The van der Waals surface area contributed by atoms with Gasteiger partial charge in [-0.1, -0.05) is 24.3 Å². The average Bonchev–Trinajstić information content (AvgIpc) is 2.45. The maximum absolute atomic E-state index is 12.1. The number of carbonyl (C=O) groups is 1. The number of hydrogen-bond donors (Lipinski definition) is 2. The molecule has 2 aromatic carbocycles. The van der Waals surface area contributed by atoms with Crippen molar-refractivity contribution in [2.75, 3.05) is 5.32 Å². The number of hydrogen-bond acceptors (Lipinski definition) is 3. The molecule has 1 amide bonds. The summed E-state index contributed by atoms with van der Waals surface area (Å²) in [7, 11) is 0. The van der Waals surface area contributed by atoms with E-state index in [9.17, 15) is 9.90 Å². The Morgan fingerprint density at radius 3 is 2.52 bits per heavy atom. The molecule has 0 heterocycles. The van der Waals surface area contributed by atoms with Crippen molar-refractivity contribution in [2.24, 2.45) is 0 Å². The topological polar surface area (TPSA) is 58.6 Å². The fourth-order valence-corrected chi connectivity index (χ4v) is 1.86. The maximum Gasteiger partial charge on any atom is 0.265 e. The summed E-state index contributed by atoms with van der Waals surface area (Å²) >= 11 is 0. The van der Waals surface area contributed by atoms with E-state index in [-0.39, 0.29) is 11.7 Å². The van der Waals surface area contributed by atoms with Gasteiger partial charge in [0.1, 0.15) is 11.5 Å². The van der Waals surface area contributed by atoms with Crippen LogP contribution in [0.15, 0.2) is 42.5 Å². The maximum atomic E-state index is 12.1. The van der Waals surface area contributed by atoms with Gasteiger partial charge in [0.25, 0.3) is 5.91 Å². The summed E-state index contributed by atoms with van der Waals surface area (Å²) in [6.07, 6.45) is -0.630. The lowest BCUT2D eigenvalue weighted by molar-refractivity contribution is -0.122. The first-order chi connectivity index (χ1) is 9.97. The molecule has 0 aliphatic heterocycles. The van der Waals surface area contributed by atoms with Crippen LogP contribution < -0.4 is 10.1 Å². The number of rotatable bonds is 4. The SMILES string of the molecule is Cc1ccc(NC(=O)[C@@H](C)Oc2ccccc2C)cc1O. The Morgan fingerprint density at radius 1 is 1.14 bits per heavy atom. The molecule has 0 aliphatic rings. The minimum Gasteiger partial charge on any atom is -0.508 e. The van der Waals surface area contributed by atoms with Gasteiger partial charge >= 0.3 is 0 Å². The Hall–Kier alpha value is -2.49. The van der Waals surface area contributed by atoms with Crippen LogP contribution in [0.25, 0.3) is 0 Å². The van der Waals surface area contributed by atoms with Gasteiger partial charge in [0, 0.05) is 11.8 Å². The molecule has 110 valence electrons. The third-order valence-electron chi connectivity index (χ3n) is 3.24. The standard InChI is InChI=1S/C17H19NO3/c1-11-8-9-14(10-15(11)19)18-17(20)13(3)21-16-7-5-4-6-12(16)2/h4-10,13,19H,1-3H3,(H,18,20)/t13-/m1/s1. The molecule has 0 aromatic heterocycles. The number of nitrogens with one attached hydrogen (secondary N) is 1.